The maximum Gasteiger partial charge on any atom is 0.138 e. The summed E-state index contributed by atoms with van der Waals surface area (Å²) in [6, 6.07) is 57.8. The average Bonchev–Trinajstić information content (AvgIpc) is 3.12. The number of aromatic nitrogens is 2. The standard InChI is InChI=1S/C42H29N3/c1-2-13-30(14-3-1)32-15-12-16-33(29-32)42-37-19-6-4-17-35(37)41(36-18-5-7-20-38(36)42)31-23-25-34(26-24-31)45(39-21-8-10-27-43-39)40-22-9-11-28-44-40/h1-29H. The summed E-state index contributed by atoms with van der Waals surface area (Å²) in [5.41, 5.74) is 8.30. The minimum absolute atomic E-state index is 0.821. The highest BCUT2D eigenvalue weighted by molar-refractivity contribution is 6.21. The highest BCUT2D eigenvalue weighted by Crippen LogP contribution is 2.44. The van der Waals surface area contributed by atoms with Gasteiger partial charge in [0.15, 0.2) is 0 Å². The largest absolute Gasteiger partial charge is 0.279 e. The summed E-state index contributed by atoms with van der Waals surface area (Å²) in [6.45, 7) is 0. The second kappa shape index (κ2) is 11.6. The SMILES string of the molecule is c1ccc(-c2cccc(-c3c4ccccc4c(-c4ccc(N(c5ccccn5)c5ccccn5)cc4)c4ccccc34)c2)cc1. The molecule has 2 aromatic heterocycles. The highest BCUT2D eigenvalue weighted by Gasteiger charge is 2.18. The van der Waals surface area contributed by atoms with Gasteiger partial charge in [0.2, 0.25) is 0 Å². The van der Waals surface area contributed by atoms with Crippen LogP contribution in [0.2, 0.25) is 0 Å². The molecule has 0 aliphatic heterocycles. The maximum atomic E-state index is 4.64. The molecule has 0 aliphatic rings. The first kappa shape index (κ1) is 26.6. The summed E-state index contributed by atoms with van der Waals surface area (Å²) in [4.78, 5) is 11.4. The van der Waals surface area contributed by atoms with Crippen molar-refractivity contribution < 1.29 is 0 Å². The number of anilines is 3. The van der Waals surface area contributed by atoms with Gasteiger partial charge < -0.3 is 0 Å². The van der Waals surface area contributed by atoms with E-state index in [1.807, 2.05) is 48.8 Å². The van der Waals surface area contributed by atoms with Crippen LogP contribution >= 0.6 is 0 Å². The number of rotatable bonds is 6. The lowest BCUT2D eigenvalue weighted by Crippen LogP contribution is -2.12. The van der Waals surface area contributed by atoms with E-state index in [0.717, 1.165) is 22.9 Å². The topological polar surface area (TPSA) is 29.0 Å². The number of nitrogens with zero attached hydrogens (tertiary/aromatic N) is 3. The van der Waals surface area contributed by atoms with Crippen molar-refractivity contribution in [2.45, 2.75) is 0 Å². The molecule has 6 aromatic carbocycles. The Balaban J connectivity index is 1.30. The first-order valence-corrected chi connectivity index (χ1v) is 15.2. The third-order valence-electron chi connectivity index (χ3n) is 8.36. The Morgan fingerprint density at radius 3 is 1.33 bits per heavy atom. The van der Waals surface area contributed by atoms with E-state index in [2.05, 4.69) is 142 Å². The van der Waals surface area contributed by atoms with Gasteiger partial charge in [0.1, 0.15) is 11.6 Å². The summed E-state index contributed by atoms with van der Waals surface area (Å²) in [5, 5.41) is 4.94. The highest BCUT2D eigenvalue weighted by atomic mass is 15.2. The molecule has 2 heterocycles. The number of hydrogen-bond donors (Lipinski definition) is 0. The molecule has 0 saturated heterocycles. The van der Waals surface area contributed by atoms with Gasteiger partial charge in [0, 0.05) is 18.1 Å². The number of fused-ring (bicyclic) bond motifs is 2. The Morgan fingerprint density at radius 2 is 0.800 bits per heavy atom. The van der Waals surface area contributed by atoms with E-state index >= 15 is 0 Å². The summed E-state index contributed by atoms with van der Waals surface area (Å²) < 4.78 is 0. The lowest BCUT2D eigenvalue weighted by molar-refractivity contribution is 1.13. The van der Waals surface area contributed by atoms with Crippen molar-refractivity contribution in [3.8, 4) is 33.4 Å². The van der Waals surface area contributed by atoms with Crippen molar-refractivity contribution in [2.24, 2.45) is 0 Å². The van der Waals surface area contributed by atoms with Crippen LogP contribution < -0.4 is 4.90 Å². The third-order valence-corrected chi connectivity index (χ3v) is 8.36. The molecular weight excluding hydrogens is 546 g/mol. The molecule has 0 amide bonds. The van der Waals surface area contributed by atoms with Crippen LogP contribution in [0.3, 0.4) is 0 Å². The molecule has 0 spiro atoms. The first-order valence-electron chi connectivity index (χ1n) is 15.2. The molecule has 0 fully saturated rings. The molecule has 0 aliphatic carbocycles. The summed E-state index contributed by atoms with van der Waals surface area (Å²) in [5.74, 6) is 1.64. The van der Waals surface area contributed by atoms with Crippen LogP contribution in [0.5, 0.6) is 0 Å². The van der Waals surface area contributed by atoms with Gasteiger partial charge in [-0.25, -0.2) is 9.97 Å². The van der Waals surface area contributed by atoms with Crippen LogP contribution in [-0.4, -0.2) is 9.97 Å². The minimum atomic E-state index is 0.821. The maximum absolute atomic E-state index is 4.64. The predicted molar refractivity (Wildman–Crippen MR) is 188 cm³/mol. The monoisotopic (exact) mass is 575 g/mol. The zero-order valence-electron chi connectivity index (χ0n) is 24.6. The molecule has 8 aromatic rings. The summed E-state index contributed by atoms with van der Waals surface area (Å²) in [7, 11) is 0. The zero-order valence-corrected chi connectivity index (χ0v) is 24.6. The van der Waals surface area contributed by atoms with Crippen molar-refractivity contribution in [3.63, 3.8) is 0 Å². The second-order valence-corrected chi connectivity index (χ2v) is 11.0. The van der Waals surface area contributed by atoms with Crippen LogP contribution in [-0.2, 0) is 0 Å². The Labute approximate surface area is 262 Å². The van der Waals surface area contributed by atoms with E-state index in [1.165, 1.54) is 49.4 Å². The van der Waals surface area contributed by atoms with Gasteiger partial charge in [-0.3, -0.25) is 4.90 Å². The van der Waals surface area contributed by atoms with Crippen LogP contribution in [0.4, 0.5) is 17.3 Å². The molecule has 0 N–H and O–H groups in total. The normalized spacial score (nSPS) is 11.1. The number of hydrogen-bond acceptors (Lipinski definition) is 3. The Hall–Kier alpha value is -6.06. The smallest absolute Gasteiger partial charge is 0.138 e. The van der Waals surface area contributed by atoms with E-state index in [-0.39, 0.29) is 0 Å². The lowest BCUT2D eigenvalue weighted by atomic mass is 9.85. The van der Waals surface area contributed by atoms with Crippen molar-refractivity contribution in [1.29, 1.82) is 0 Å². The molecule has 0 atom stereocenters. The van der Waals surface area contributed by atoms with Gasteiger partial charge in [0.05, 0.1) is 0 Å². The Kier molecular flexibility index (Phi) is 6.82. The molecule has 0 saturated carbocycles. The van der Waals surface area contributed by atoms with Crippen LogP contribution in [0.15, 0.2) is 176 Å². The Morgan fingerprint density at radius 1 is 0.333 bits per heavy atom. The molecule has 3 heteroatoms. The molecule has 0 bridgehead atoms. The van der Waals surface area contributed by atoms with Crippen molar-refractivity contribution in [2.75, 3.05) is 4.90 Å². The lowest BCUT2D eigenvalue weighted by Gasteiger charge is -2.23. The van der Waals surface area contributed by atoms with Gasteiger partial charge >= 0.3 is 0 Å². The van der Waals surface area contributed by atoms with E-state index < -0.39 is 0 Å². The van der Waals surface area contributed by atoms with Gasteiger partial charge in [0.25, 0.3) is 0 Å². The van der Waals surface area contributed by atoms with Crippen LogP contribution in [0.1, 0.15) is 0 Å². The second-order valence-electron chi connectivity index (χ2n) is 11.0. The number of pyridine rings is 2. The van der Waals surface area contributed by atoms with Crippen LogP contribution in [0, 0.1) is 0 Å². The quantitative estimate of drug-likeness (QED) is 0.185. The molecule has 8 rings (SSSR count). The first-order chi connectivity index (χ1) is 22.3. The average molecular weight is 576 g/mol. The van der Waals surface area contributed by atoms with E-state index in [4.69, 9.17) is 0 Å². The third kappa shape index (κ3) is 4.91. The molecular formula is C42H29N3. The van der Waals surface area contributed by atoms with E-state index in [1.54, 1.807) is 0 Å². The summed E-state index contributed by atoms with van der Waals surface area (Å²) in [6.07, 6.45) is 3.63. The number of benzene rings is 6. The fraction of sp³-hybridized carbons (Fsp3) is 0. The fourth-order valence-corrected chi connectivity index (χ4v) is 6.37. The van der Waals surface area contributed by atoms with Gasteiger partial charge in [-0.05, 0) is 97.4 Å². The van der Waals surface area contributed by atoms with Gasteiger partial charge in [-0.15, -0.1) is 0 Å². The molecule has 3 nitrogen and oxygen atoms in total. The zero-order chi connectivity index (χ0) is 30.0. The van der Waals surface area contributed by atoms with Crippen molar-refractivity contribution >= 4 is 38.9 Å². The minimum Gasteiger partial charge on any atom is -0.279 e. The molecule has 0 radical (unpaired) electrons. The summed E-state index contributed by atoms with van der Waals surface area (Å²) >= 11 is 0. The van der Waals surface area contributed by atoms with Gasteiger partial charge in [-0.2, -0.15) is 0 Å². The Bertz CT molecular complexity index is 2150. The van der Waals surface area contributed by atoms with E-state index in [9.17, 15) is 0 Å². The van der Waals surface area contributed by atoms with Crippen molar-refractivity contribution in [3.05, 3.63) is 176 Å². The molecule has 45 heavy (non-hydrogen) atoms. The van der Waals surface area contributed by atoms with Crippen LogP contribution in [0.25, 0.3) is 54.9 Å². The van der Waals surface area contributed by atoms with Gasteiger partial charge in [-0.1, -0.05) is 121 Å². The van der Waals surface area contributed by atoms with E-state index in [0.29, 0.717) is 0 Å². The molecule has 212 valence electrons. The fourth-order valence-electron chi connectivity index (χ4n) is 6.37. The predicted octanol–water partition coefficient (Wildman–Crippen LogP) is 11.3. The molecule has 0 unspecified atom stereocenters. The van der Waals surface area contributed by atoms with Crippen molar-refractivity contribution in [1.82, 2.24) is 9.97 Å².